The van der Waals surface area contributed by atoms with Gasteiger partial charge in [0, 0.05) is 13.1 Å². The monoisotopic (exact) mass is 436 g/mol. The number of rotatable bonds is 6. The van der Waals surface area contributed by atoms with Crippen molar-refractivity contribution in [2.24, 2.45) is 0 Å². The molecule has 0 bridgehead atoms. The minimum Gasteiger partial charge on any atom is -0.497 e. The fraction of sp³-hybridized carbons (Fsp3) is 0.208. The summed E-state index contributed by atoms with van der Waals surface area (Å²) in [4.78, 5) is 13.3. The summed E-state index contributed by atoms with van der Waals surface area (Å²) in [5.74, 6) is 0.420. The van der Waals surface area contributed by atoms with Crippen molar-refractivity contribution in [3.63, 3.8) is 0 Å². The molecule has 160 valence electrons. The molecule has 0 aromatic heterocycles. The molecule has 1 amide bonds. The summed E-state index contributed by atoms with van der Waals surface area (Å²) >= 11 is 0. The first-order valence-corrected chi connectivity index (χ1v) is 11.5. The van der Waals surface area contributed by atoms with Crippen LogP contribution in [-0.2, 0) is 34.3 Å². The molecular formula is C24H24N2O4S. The highest BCUT2D eigenvalue weighted by atomic mass is 32.2. The number of hydrogen-bond acceptors (Lipinski definition) is 4. The number of benzene rings is 3. The van der Waals surface area contributed by atoms with E-state index in [-0.39, 0.29) is 17.3 Å². The number of ether oxygens (including phenoxy) is 1. The highest BCUT2D eigenvalue weighted by Gasteiger charge is 2.39. The van der Waals surface area contributed by atoms with Crippen LogP contribution in [0.1, 0.15) is 16.7 Å². The van der Waals surface area contributed by atoms with Crippen molar-refractivity contribution in [1.29, 1.82) is 0 Å². The Bertz CT molecular complexity index is 1160. The van der Waals surface area contributed by atoms with Gasteiger partial charge in [-0.1, -0.05) is 54.6 Å². The first-order chi connectivity index (χ1) is 15.0. The minimum atomic E-state index is -3.83. The quantitative estimate of drug-likeness (QED) is 0.644. The smallest absolute Gasteiger partial charge is 0.244 e. The number of nitrogens with zero attached hydrogens (tertiary/aromatic N) is 1. The Kier molecular flexibility index (Phi) is 6.06. The van der Waals surface area contributed by atoms with Gasteiger partial charge in [0.2, 0.25) is 15.9 Å². The van der Waals surface area contributed by atoms with Crippen molar-refractivity contribution in [3.05, 3.63) is 95.6 Å². The molecule has 1 aliphatic rings. The van der Waals surface area contributed by atoms with Gasteiger partial charge in [-0.2, -0.15) is 4.31 Å². The normalized spacial score (nSPS) is 16.4. The van der Waals surface area contributed by atoms with E-state index in [0.717, 1.165) is 22.4 Å². The lowest BCUT2D eigenvalue weighted by molar-refractivity contribution is -0.125. The highest BCUT2D eigenvalue weighted by molar-refractivity contribution is 7.89. The van der Waals surface area contributed by atoms with Gasteiger partial charge in [0.25, 0.3) is 0 Å². The summed E-state index contributed by atoms with van der Waals surface area (Å²) < 4.78 is 33.2. The number of hydrogen-bond donors (Lipinski definition) is 1. The molecule has 0 saturated carbocycles. The lowest BCUT2D eigenvalue weighted by Crippen LogP contribution is -2.52. The van der Waals surface area contributed by atoms with Crippen LogP contribution in [0.5, 0.6) is 5.75 Å². The molecule has 0 spiro atoms. The molecule has 3 aromatic carbocycles. The highest BCUT2D eigenvalue weighted by Crippen LogP contribution is 2.29. The summed E-state index contributed by atoms with van der Waals surface area (Å²) in [7, 11) is -2.24. The molecular weight excluding hydrogens is 412 g/mol. The van der Waals surface area contributed by atoms with E-state index in [1.165, 1.54) is 4.31 Å². The van der Waals surface area contributed by atoms with Gasteiger partial charge in [-0.05, 0) is 47.4 Å². The fourth-order valence-corrected chi connectivity index (χ4v) is 5.34. The number of amides is 1. The fourth-order valence-electron chi connectivity index (χ4n) is 3.75. The van der Waals surface area contributed by atoms with Crippen LogP contribution in [0, 0.1) is 0 Å². The van der Waals surface area contributed by atoms with Crippen LogP contribution in [0.2, 0.25) is 0 Å². The molecule has 0 saturated heterocycles. The Balaban J connectivity index is 1.60. The predicted molar refractivity (Wildman–Crippen MR) is 118 cm³/mol. The molecule has 1 N–H and O–H groups in total. The van der Waals surface area contributed by atoms with Crippen molar-refractivity contribution in [3.8, 4) is 5.75 Å². The van der Waals surface area contributed by atoms with Crippen LogP contribution in [0.25, 0.3) is 0 Å². The molecule has 3 aromatic rings. The van der Waals surface area contributed by atoms with Crippen LogP contribution in [0.3, 0.4) is 0 Å². The third-order valence-electron chi connectivity index (χ3n) is 5.48. The number of carbonyl (C=O) groups is 1. The second kappa shape index (κ2) is 8.91. The van der Waals surface area contributed by atoms with Crippen molar-refractivity contribution in [2.75, 3.05) is 7.11 Å². The maximum absolute atomic E-state index is 13.4. The number of carbonyl (C=O) groups excluding carboxylic acids is 1. The molecule has 31 heavy (non-hydrogen) atoms. The molecule has 0 fully saturated rings. The van der Waals surface area contributed by atoms with Gasteiger partial charge in [-0.25, -0.2) is 8.42 Å². The predicted octanol–water partition coefficient (Wildman–Crippen LogP) is 3.13. The summed E-state index contributed by atoms with van der Waals surface area (Å²) in [6, 6.07) is 22.5. The Morgan fingerprint density at radius 2 is 1.61 bits per heavy atom. The van der Waals surface area contributed by atoms with Crippen LogP contribution in [-0.4, -0.2) is 31.8 Å². The van der Waals surface area contributed by atoms with Gasteiger partial charge in [-0.15, -0.1) is 0 Å². The first kappa shape index (κ1) is 21.1. The summed E-state index contributed by atoms with van der Waals surface area (Å²) in [5, 5.41) is 2.90. The van der Waals surface area contributed by atoms with Gasteiger partial charge in [0.1, 0.15) is 11.8 Å². The number of nitrogens with one attached hydrogen (secondary N) is 1. The van der Waals surface area contributed by atoms with E-state index >= 15 is 0 Å². The van der Waals surface area contributed by atoms with E-state index < -0.39 is 16.1 Å². The zero-order valence-electron chi connectivity index (χ0n) is 17.2. The summed E-state index contributed by atoms with van der Waals surface area (Å²) in [6.07, 6.45) is 0.330. The van der Waals surface area contributed by atoms with E-state index in [9.17, 15) is 13.2 Å². The molecule has 4 rings (SSSR count). The average molecular weight is 437 g/mol. The van der Waals surface area contributed by atoms with E-state index in [1.807, 2.05) is 48.5 Å². The van der Waals surface area contributed by atoms with Crippen molar-refractivity contribution in [1.82, 2.24) is 9.62 Å². The van der Waals surface area contributed by atoms with Gasteiger partial charge in [0.15, 0.2) is 0 Å². The van der Waals surface area contributed by atoms with E-state index in [1.54, 1.807) is 37.4 Å². The second-order valence-electron chi connectivity index (χ2n) is 7.42. The maximum Gasteiger partial charge on any atom is 0.244 e. The van der Waals surface area contributed by atoms with E-state index in [4.69, 9.17) is 4.74 Å². The third-order valence-corrected chi connectivity index (χ3v) is 7.35. The average Bonchev–Trinajstić information content (AvgIpc) is 2.82. The van der Waals surface area contributed by atoms with Gasteiger partial charge >= 0.3 is 0 Å². The Labute approximate surface area is 182 Å². The van der Waals surface area contributed by atoms with Crippen molar-refractivity contribution in [2.45, 2.75) is 30.4 Å². The van der Waals surface area contributed by atoms with Crippen LogP contribution < -0.4 is 10.1 Å². The molecule has 0 aliphatic carbocycles. The van der Waals surface area contributed by atoms with Crippen LogP contribution in [0.15, 0.2) is 83.8 Å². The van der Waals surface area contributed by atoms with Crippen molar-refractivity contribution < 1.29 is 17.9 Å². The van der Waals surface area contributed by atoms with Crippen LogP contribution in [0.4, 0.5) is 0 Å². The Morgan fingerprint density at radius 1 is 0.968 bits per heavy atom. The second-order valence-corrected chi connectivity index (χ2v) is 9.31. The molecule has 1 heterocycles. The van der Waals surface area contributed by atoms with Gasteiger partial charge in [0.05, 0.1) is 12.0 Å². The zero-order valence-corrected chi connectivity index (χ0v) is 18.0. The SMILES string of the molecule is COc1ccc(CNC(=O)C2Cc3ccccc3CN2S(=O)(=O)c2ccccc2)cc1. The molecule has 1 aliphatic heterocycles. The van der Waals surface area contributed by atoms with Crippen molar-refractivity contribution >= 4 is 15.9 Å². The molecule has 1 atom stereocenters. The largest absolute Gasteiger partial charge is 0.497 e. The van der Waals surface area contributed by atoms with Gasteiger partial charge < -0.3 is 10.1 Å². The van der Waals surface area contributed by atoms with E-state index in [2.05, 4.69) is 5.32 Å². The maximum atomic E-state index is 13.4. The first-order valence-electron chi connectivity index (χ1n) is 10.0. The van der Waals surface area contributed by atoms with E-state index in [0.29, 0.717) is 13.0 Å². The lowest BCUT2D eigenvalue weighted by atomic mass is 9.95. The molecule has 1 unspecified atom stereocenters. The Hall–Kier alpha value is -3.16. The molecule has 0 radical (unpaired) electrons. The molecule has 7 heteroatoms. The van der Waals surface area contributed by atoms with Gasteiger partial charge in [-0.3, -0.25) is 4.79 Å². The Morgan fingerprint density at radius 3 is 2.29 bits per heavy atom. The standard InChI is InChI=1S/C24H24N2O4S/c1-30-21-13-11-18(12-14-21)16-25-24(27)23-15-19-7-5-6-8-20(19)17-26(23)31(28,29)22-9-3-2-4-10-22/h2-14,23H,15-17H2,1H3,(H,25,27). The topological polar surface area (TPSA) is 75.7 Å². The third kappa shape index (κ3) is 4.47. The minimum absolute atomic E-state index is 0.161. The summed E-state index contributed by atoms with van der Waals surface area (Å²) in [5.41, 5.74) is 2.82. The lowest BCUT2D eigenvalue weighted by Gasteiger charge is -2.35. The molecule has 6 nitrogen and oxygen atoms in total. The number of methoxy groups -OCH3 is 1. The number of fused-ring (bicyclic) bond motifs is 1. The number of sulfonamides is 1. The van der Waals surface area contributed by atoms with Crippen LogP contribution >= 0.6 is 0 Å². The zero-order chi connectivity index (χ0) is 21.8. The summed E-state index contributed by atoms with van der Waals surface area (Å²) in [6.45, 7) is 0.466.